The molecular weight excluding hydrogens is 288 g/mol. The third-order valence-corrected chi connectivity index (χ3v) is 4.32. The van der Waals surface area contributed by atoms with Gasteiger partial charge in [0.05, 0.1) is 6.54 Å². The number of nitrogens with one attached hydrogen (secondary N) is 1. The number of urea groups is 1. The molecule has 3 N–H and O–H groups in total. The van der Waals surface area contributed by atoms with Gasteiger partial charge < -0.3 is 16.0 Å². The van der Waals surface area contributed by atoms with E-state index in [2.05, 4.69) is 5.32 Å². The summed E-state index contributed by atoms with van der Waals surface area (Å²) in [4.78, 5) is 49.5. The maximum absolute atomic E-state index is 12.5. The Morgan fingerprint density at radius 3 is 2.50 bits per heavy atom. The van der Waals surface area contributed by atoms with Crippen molar-refractivity contribution in [3.63, 3.8) is 0 Å². The quantitative estimate of drug-likeness (QED) is 0.671. The summed E-state index contributed by atoms with van der Waals surface area (Å²) in [7, 11) is 1.46. The summed E-state index contributed by atoms with van der Waals surface area (Å²) in [5.74, 6) is -1.17. The van der Waals surface area contributed by atoms with Crippen molar-refractivity contribution in [2.45, 2.75) is 44.1 Å². The van der Waals surface area contributed by atoms with Crippen molar-refractivity contribution in [1.82, 2.24) is 15.1 Å². The third-order valence-electron chi connectivity index (χ3n) is 4.32. The highest BCUT2D eigenvalue weighted by molar-refractivity contribution is 6.07. The molecule has 2 aliphatic rings. The number of carbonyl (C=O) groups is 4. The van der Waals surface area contributed by atoms with Gasteiger partial charge in [0.15, 0.2) is 0 Å². The van der Waals surface area contributed by atoms with Crippen molar-refractivity contribution in [3.8, 4) is 0 Å². The number of carbonyl (C=O) groups excluding carboxylic acids is 4. The lowest BCUT2D eigenvalue weighted by Crippen LogP contribution is -2.48. The fourth-order valence-electron chi connectivity index (χ4n) is 3.09. The van der Waals surface area contributed by atoms with Crippen molar-refractivity contribution in [1.29, 1.82) is 0 Å². The molecular formula is C14H22N4O4. The smallest absolute Gasteiger partial charge is 0.325 e. The molecule has 0 bridgehead atoms. The maximum Gasteiger partial charge on any atom is 0.325 e. The molecule has 22 heavy (non-hydrogen) atoms. The van der Waals surface area contributed by atoms with Crippen LogP contribution in [0.4, 0.5) is 4.79 Å². The Labute approximate surface area is 129 Å². The zero-order valence-electron chi connectivity index (χ0n) is 12.8. The third kappa shape index (κ3) is 3.20. The van der Waals surface area contributed by atoms with Gasteiger partial charge in [0, 0.05) is 20.0 Å². The average Bonchev–Trinajstić information content (AvgIpc) is 2.68. The first kappa shape index (κ1) is 16.3. The second-order valence-electron chi connectivity index (χ2n) is 6.00. The molecule has 1 saturated heterocycles. The summed E-state index contributed by atoms with van der Waals surface area (Å²) in [5.41, 5.74) is 4.26. The van der Waals surface area contributed by atoms with Gasteiger partial charge in [0.25, 0.3) is 5.91 Å². The van der Waals surface area contributed by atoms with Crippen LogP contribution in [0.3, 0.4) is 0 Å². The number of likely N-dealkylation sites (N-methyl/N-ethyl adjacent to an activating group) is 1. The Morgan fingerprint density at radius 2 is 1.91 bits per heavy atom. The predicted molar refractivity (Wildman–Crippen MR) is 77.5 cm³/mol. The van der Waals surface area contributed by atoms with Crippen LogP contribution in [0.25, 0.3) is 0 Å². The summed E-state index contributed by atoms with van der Waals surface area (Å²) < 4.78 is 0. The van der Waals surface area contributed by atoms with E-state index in [1.807, 2.05) is 0 Å². The molecule has 0 aromatic rings. The Morgan fingerprint density at radius 1 is 1.27 bits per heavy atom. The number of hydrogen-bond donors (Lipinski definition) is 2. The number of hydrogen-bond acceptors (Lipinski definition) is 4. The standard InChI is InChI=1S/C14H22N4O4/c1-17(9-10(15)19)11(20)5-8-18-12(21)14(16-13(18)22)6-3-2-4-7-14/h2-9H2,1H3,(H2,15,19)(H,16,22). The minimum atomic E-state index is -0.766. The monoisotopic (exact) mass is 310 g/mol. The van der Waals surface area contributed by atoms with Crippen LogP contribution in [0.1, 0.15) is 38.5 Å². The van der Waals surface area contributed by atoms with E-state index in [-0.39, 0.29) is 31.3 Å². The van der Waals surface area contributed by atoms with Crippen molar-refractivity contribution in [3.05, 3.63) is 0 Å². The molecule has 8 heteroatoms. The van der Waals surface area contributed by atoms with E-state index >= 15 is 0 Å². The molecule has 1 heterocycles. The first-order chi connectivity index (χ1) is 10.4. The maximum atomic E-state index is 12.5. The summed E-state index contributed by atoms with van der Waals surface area (Å²) in [5, 5.41) is 2.79. The van der Waals surface area contributed by atoms with Gasteiger partial charge in [0.1, 0.15) is 5.54 Å². The molecule has 0 radical (unpaired) electrons. The van der Waals surface area contributed by atoms with E-state index in [1.165, 1.54) is 11.9 Å². The predicted octanol–water partition coefficient (Wildman–Crippen LogP) is -0.425. The number of rotatable bonds is 5. The normalized spacial score (nSPS) is 20.1. The van der Waals surface area contributed by atoms with Gasteiger partial charge in [-0.15, -0.1) is 0 Å². The van der Waals surface area contributed by atoms with Crippen molar-refractivity contribution in [2.75, 3.05) is 20.1 Å². The number of primary amides is 1. The van der Waals surface area contributed by atoms with Gasteiger partial charge in [-0.1, -0.05) is 19.3 Å². The van der Waals surface area contributed by atoms with Crippen molar-refractivity contribution >= 4 is 23.8 Å². The fraction of sp³-hybridized carbons (Fsp3) is 0.714. The highest BCUT2D eigenvalue weighted by Crippen LogP contribution is 2.33. The molecule has 8 nitrogen and oxygen atoms in total. The second kappa shape index (κ2) is 6.33. The van der Waals surface area contributed by atoms with Crippen LogP contribution in [0.2, 0.25) is 0 Å². The first-order valence-corrected chi connectivity index (χ1v) is 7.52. The van der Waals surface area contributed by atoms with Crippen LogP contribution in [0.15, 0.2) is 0 Å². The Balaban J connectivity index is 1.93. The van der Waals surface area contributed by atoms with Crippen LogP contribution in [0, 0.1) is 0 Å². The van der Waals surface area contributed by atoms with Crippen molar-refractivity contribution < 1.29 is 19.2 Å². The molecule has 0 aromatic carbocycles. The lowest BCUT2D eigenvalue weighted by atomic mass is 9.82. The van der Waals surface area contributed by atoms with Crippen LogP contribution in [-0.4, -0.2) is 59.2 Å². The number of imide groups is 1. The number of nitrogens with two attached hydrogens (primary N) is 1. The van der Waals surface area contributed by atoms with E-state index in [0.717, 1.165) is 24.2 Å². The molecule has 0 aromatic heterocycles. The molecule has 122 valence electrons. The number of nitrogens with zero attached hydrogens (tertiary/aromatic N) is 2. The van der Waals surface area contributed by atoms with Gasteiger partial charge in [0.2, 0.25) is 11.8 Å². The Bertz CT molecular complexity index is 499. The van der Waals surface area contributed by atoms with Crippen LogP contribution in [-0.2, 0) is 14.4 Å². The van der Waals surface area contributed by atoms with Crippen LogP contribution < -0.4 is 11.1 Å². The summed E-state index contributed by atoms with van der Waals surface area (Å²) in [6.45, 7) is -0.155. The molecule has 1 aliphatic carbocycles. The Kier molecular flexibility index (Phi) is 4.68. The molecule has 1 spiro atoms. The Hall–Kier alpha value is -2.12. The second-order valence-corrected chi connectivity index (χ2v) is 6.00. The zero-order valence-corrected chi connectivity index (χ0v) is 12.8. The highest BCUT2D eigenvalue weighted by Gasteiger charge is 2.51. The average molecular weight is 310 g/mol. The zero-order chi connectivity index (χ0) is 16.3. The lowest BCUT2D eigenvalue weighted by Gasteiger charge is -2.30. The van der Waals surface area contributed by atoms with E-state index < -0.39 is 17.5 Å². The lowest BCUT2D eigenvalue weighted by molar-refractivity contribution is -0.135. The molecule has 2 fully saturated rings. The van der Waals surface area contributed by atoms with Gasteiger partial charge in [-0.2, -0.15) is 0 Å². The highest BCUT2D eigenvalue weighted by atomic mass is 16.2. The SMILES string of the molecule is CN(CC(N)=O)C(=O)CCN1C(=O)NC2(CCCCC2)C1=O. The molecule has 0 unspecified atom stereocenters. The molecule has 1 aliphatic heterocycles. The molecule has 2 rings (SSSR count). The van der Waals surface area contributed by atoms with E-state index in [9.17, 15) is 19.2 Å². The van der Waals surface area contributed by atoms with Crippen LogP contribution in [0.5, 0.6) is 0 Å². The van der Waals surface area contributed by atoms with Gasteiger partial charge in [-0.25, -0.2) is 4.79 Å². The topological polar surface area (TPSA) is 113 Å². The van der Waals surface area contributed by atoms with Crippen LogP contribution >= 0.6 is 0 Å². The largest absolute Gasteiger partial charge is 0.368 e. The number of amides is 5. The molecule has 5 amide bonds. The van der Waals surface area contributed by atoms with Gasteiger partial charge in [-0.3, -0.25) is 19.3 Å². The minimum absolute atomic E-state index is 0.0149. The summed E-state index contributed by atoms with van der Waals surface area (Å²) in [6.07, 6.45) is 4.20. The minimum Gasteiger partial charge on any atom is -0.368 e. The summed E-state index contributed by atoms with van der Waals surface area (Å²) >= 11 is 0. The molecule has 0 atom stereocenters. The van der Waals surface area contributed by atoms with Crippen molar-refractivity contribution in [2.24, 2.45) is 5.73 Å². The van der Waals surface area contributed by atoms with E-state index in [1.54, 1.807) is 0 Å². The fourth-order valence-corrected chi connectivity index (χ4v) is 3.09. The van der Waals surface area contributed by atoms with E-state index in [0.29, 0.717) is 12.8 Å². The van der Waals surface area contributed by atoms with E-state index in [4.69, 9.17) is 5.73 Å². The first-order valence-electron chi connectivity index (χ1n) is 7.52. The van der Waals surface area contributed by atoms with Gasteiger partial charge in [-0.05, 0) is 12.8 Å². The molecule has 1 saturated carbocycles. The van der Waals surface area contributed by atoms with Gasteiger partial charge >= 0.3 is 6.03 Å². The summed E-state index contributed by atoms with van der Waals surface area (Å²) in [6, 6.07) is -0.433.